The van der Waals surface area contributed by atoms with Gasteiger partial charge < -0.3 is 5.32 Å². The molecule has 0 bridgehead atoms. The molecule has 2 rings (SSSR count). The summed E-state index contributed by atoms with van der Waals surface area (Å²) in [6.07, 6.45) is 1.07. The molecule has 19 heavy (non-hydrogen) atoms. The van der Waals surface area contributed by atoms with E-state index in [2.05, 4.69) is 61.6 Å². The number of nitrogens with one attached hydrogen (secondary N) is 1. The van der Waals surface area contributed by atoms with Crippen LogP contribution < -0.4 is 5.32 Å². The van der Waals surface area contributed by atoms with Gasteiger partial charge in [-0.15, -0.1) is 0 Å². The zero-order valence-electron chi connectivity index (χ0n) is 11.4. The highest BCUT2D eigenvalue weighted by molar-refractivity contribution is 6.30. The summed E-state index contributed by atoms with van der Waals surface area (Å²) >= 11 is 5.92. The van der Waals surface area contributed by atoms with E-state index in [1.807, 2.05) is 12.1 Å². The number of rotatable bonds is 5. The van der Waals surface area contributed by atoms with E-state index in [-0.39, 0.29) is 0 Å². The Balaban J connectivity index is 2.08. The Labute approximate surface area is 120 Å². The molecule has 1 N–H and O–H groups in total. The van der Waals surface area contributed by atoms with Gasteiger partial charge in [0.05, 0.1) is 0 Å². The number of hydrogen-bond acceptors (Lipinski definition) is 1. The summed E-state index contributed by atoms with van der Waals surface area (Å²) in [4.78, 5) is 0. The molecule has 2 atom stereocenters. The van der Waals surface area contributed by atoms with Crippen molar-refractivity contribution in [3.8, 4) is 0 Å². The van der Waals surface area contributed by atoms with Crippen LogP contribution in [0.4, 0.5) is 0 Å². The third kappa shape index (κ3) is 3.82. The van der Waals surface area contributed by atoms with Gasteiger partial charge in [-0.05, 0) is 36.6 Å². The minimum absolute atomic E-state index is 0.308. The topological polar surface area (TPSA) is 12.0 Å². The molecular weight excluding hydrogens is 254 g/mol. The average molecular weight is 274 g/mol. The first kappa shape index (κ1) is 14.1. The average Bonchev–Trinajstić information content (AvgIpc) is 2.46. The Morgan fingerprint density at radius 3 is 2.16 bits per heavy atom. The molecule has 0 aromatic heterocycles. The third-order valence-corrected chi connectivity index (χ3v) is 3.68. The smallest absolute Gasteiger partial charge is 0.0406 e. The maximum Gasteiger partial charge on any atom is 0.0406 e. The van der Waals surface area contributed by atoms with E-state index >= 15 is 0 Å². The molecule has 0 heterocycles. The van der Waals surface area contributed by atoms with Crippen molar-refractivity contribution in [1.29, 1.82) is 0 Å². The maximum absolute atomic E-state index is 5.92. The van der Waals surface area contributed by atoms with E-state index in [1.165, 1.54) is 11.1 Å². The van der Waals surface area contributed by atoms with Crippen molar-refractivity contribution < 1.29 is 0 Å². The number of hydrogen-bond donors (Lipinski definition) is 1. The van der Waals surface area contributed by atoms with E-state index < -0.39 is 0 Å². The third-order valence-electron chi connectivity index (χ3n) is 3.43. The maximum atomic E-state index is 5.92. The quantitative estimate of drug-likeness (QED) is 0.795. The minimum Gasteiger partial charge on any atom is -0.303 e. The lowest BCUT2D eigenvalue weighted by Gasteiger charge is -2.23. The van der Waals surface area contributed by atoms with Crippen LogP contribution in [0, 0.1) is 0 Å². The zero-order chi connectivity index (χ0) is 13.7. The van der Waals surface area contributed by atoms with Crippen molar-refractivity contribution >= 4 is 11.6 Å². The molecule has 100 valence electrons. The SMILES string of the molecule is CCC(N[C@@H](C)c1ccc(Cl)cc1)c1ccccc1. The van der Waals surface area contributed by atoms with E-state index in [4.69, 9.17) is 11.6 Å². The van der Waals surface area contributed by atoms with E-state index in [9.17, 15) is 0 Å². The molecule has 0 saturated carbocycles. The van der Waals surface area contributed by atoms with Gasteiger partial charge in [0.15, 0.2) is 0 Å². The van der Waals surface area contributed by atoms with Crippen LogP contribution in [-0.4, -0.2) is 0 Å². The molecule has 0 amide bonds. The van der Waals surface area contributed by atoms with Crippen LogP contribution in [0.1, 0.15) is 43.5 Å². The van der Waals surface area contributed by atoms with Crippen molar-refractivity contribution in [2.24, 2.45) is 0 Å². The normalized spacial score (nSPS) is 14.1. The highest BCUT2D eigenvalue weighted by atomic mass is 35.5. The molecule has 0 fully saturated rings. The van der Waals surface area contributed by atoms with Crippen molar-refractivity contribution in [1.82, 2.24) is 5.32 Å². The second kappa shape index (κ2) is 6.74. The second-order valence-electron chi connectivity index (χ2n) is 4.81. The van der Waals surface area contributed by atoms with Gasteiger partial charge in [0, 0.05) is 17.1 Å². The zero-order valence-corrected chi connectivity index (χ0v) is 12.2. The highest BCUT2D eigenvalue weighted by Gasteiger charge is 2.13. The molecule has 2 aromatic carbocycles. The van der Waals surface area contributed by atoms with Crippen LogP contribution in [0.5, 0.6) is 0 Å². The van der Waals surface area contributed by atoms with Crippen LogP contribution >= 0.6 is 11.6 Å². The van der Waals surface area contributed by atoms with Gasteiger partial charge in [-0.25, -0.2) is 0 Å². The molecule has 1 nitrogen and oxygen atoms in total. The lowest BCUT2D eigenvalue weighted by Crippen LogP contribution is -2.24. The molecule has 2 heteroatoms. The van der Waals surface area contributed by atoms with Crippen LogP contribution in [0.25, 0.3) is 0 Å². The van der Waals surface area contributed by atoms with Gasteiger partial charge in [0.1, 0.15) is 0 Å². The molecule has 0 aliphatic carbocycles. The van der Waals surface area contributed by atoms with Gasteiger partial charge in [-0.2, -0.15) is 0 Å². The monoisotopic (exact) mass is 273 g/mol. The predicted molar refractivity (Wildman–Crippen MR) is 82.5 cm³/mol. The van der Waals surface area contributed by atoms with Gasteiger partial charge in [0.2, 0.25) is 0 Å². The molecule has 1 unspecified atom stereocenters. The molecule has 0 saturated heterocycles. The fourth-order valence-corrected chi connectivity index (χ4v) is 2.41. The van der Waals surface area contributed by atoms with E-state index in [0.717, 1.165) is 11.4 Å². The summed E-state index contributed by atoms with van der Waals surface area (Å²) < 4.78 is 0. The first-order valence-corrected chi connectivity index (χ1v) is 7.15. The molecule has 0 radical (unpaired) electrons. The van der Waals surface area contributed by atoms with Crippen LogP contribution in [0.2, 0.25) is 5.02 Å². The molecular formula is C17H20ClN. The standard InChI is InChI=1S/C17H20ClN/c1-3-17(15-7-5-4-6-8-15)19-13(2)14-9-11-16(18)12-10-14/h4-13,17,19H,3H2,1-2H3/t13-,17?/m0/s1. The van der Waals surface area contributed by atoms with Gasteiger partial charge >= 0.3 is 0 Å². The van der Waals surface area contributed by atoms with Crippen LogP contribution in [0.3, 0.4) is 0 Å². The van der Waals surface area contributed by atoms with E-state index in [1.54, 1.807) is 0 Å². The van der Waals surface area contributed by atoms with Gasteiger partial charge in [-0.1, -0.05) is 61.0 Å². The fraction of sp³-hybridized carbons (Fsp3) is 0.294. The van der Waals surface area contributed by atoms with Crippen molar-refractivity contribution in [3.63, 3.8) is 0 Å². The molecule has 0 aliphatic rings. The summed E-state index contributed by atoms with van der Waals surface area (Å²) in [5, 5.41) is 4.46. The van der Waals surface area contributed by atoms with E-state index in [0.29, 0.717) is 12.1 Å². The Morgan fingerprint density at radius 1 is 0.947 bits per heavy atom. The first-order chi connectivity index (χ1) is 9.20. The minimum atomic E-state index is 0.308. The van der Waals surface area contributed by atoms with Crippen molar-refractivity contribution in [2.45, 2.75) is 32.4 Å². The number of halogens is 1. The van der Waals surface area contributed by atoms with Crippen molar-refractivity contribution in [3.05, 3.63) is 70.7 Å². The number of benzene rings is 2. The van der Waals surface area contributed by atoms with Crippen molar-refractivity contribution in [2.75, 3.05) is 0 Å². The Morgan fingerprint density at radius 2 is 1.58 bits per heavy atom. The molecule has 0 aliphatic heterocycles. The Hall–Kier alpha value is -1.31. The lowest BCUT2D eigenvalue weighted by molar-refractivity contribution is 0.456. The molecule has 0 spiro atoms. The lowest BCUT2D eigenvalue weighted by atomic mass is 10.0. The summed E-state index contributed by atoms with van der Waals surface area (Å²) in [6, 6.07) is 19.3. The Kier molecular flexibility index (Phi) is 5.00. The largest absolute Gasteiger partial charge is 0.303 e. The van der Waals surface area contributed by atoms with Gasteiger partial charge in [-0.3, -0.25) is 0 Å². The molecule has 2 aromatic rings. The second-order valence-corrected chi connectivity index (χ2v) is 5.25. The summed E-state index contributed by atoms with van der Waals surface area (Å²) in [5.74, 6) is 0. The van der Waals surface area contributed by atoms with Gasteiger partial charge in [0.25, 0.3) is 0 Å². The summed E-state index contributed by atoms with van der Waals surface area (Å²) in [5.41, 5.74) is 2.60. The highest BCUT2D eigenvalue weighted by Crippen LogP contribution is 2.22. The Bertz CT molecular complexity index is 492. The van der Waals surface area contributed by atoms with Crippen LogP contribution in [-0.2, 0) is 0 Å². The summed E-state index contributed by atoms with van der Waals surface area (Å²) in [6.45, 7) is 4.40. The first-order valence-electron chi connectivity index (χ1n) is 6.77. The summed E-state index contributed by atoms with van der Waals surface area (Å²) in [7, 11) is 0. The fourth-order valence-electron chi connectivity index (χ4n) is 2.28. The van der Waals surface area contributed by atoms with Crippen LogP contribution in [0.15, 0.2) is 54.6 Å². The predicted octanol–water partition coefficient (Wildman–Crippen LogP) is 5.14.